The number of halogens is 2. The van der Waals surface area contributed by atoms with Gasteiger partial charge in [0.1, 0.15) is 5.75 Å². The number of nitrogens with zero attached hydrogens (tertiary/aromatic N) is 3. The molecule has 32 heavy (non-hydrogen) atoms. The second-order valence-electron chi connectivity index (χ2n) is 7.40. The van der Waals surface area contributed by atoms with Gasteiger partial charge in [0.2, 0.25) is 5.91 Å². The van der Waals surface area contributed by atoms with Crippen LogP contribution in [0.5, 0.6) is 5.75 Å². The largest absolute Gasteiger partial charge is 0.493 e. The van der Waals surface area contributed by atoms with Gasteiger partial charge in [-0.15, -0.1) is 16.8 Å². The van der Waals surface area contributed by atoms with Crippen LogP contribution < -0.4 is 10.1 Å². The van der Waals surface area contributed by atoms with Crippen LogP contribution in [0.25, 0.3) is 11.4 Å². The van der Waals surface area contributed by atoms with E-state index in [4.69, 9.17) is 27.9 Å². The predicted molar refractivity (Wildman–Crippen MR) is 132 cm³/mol. The number of ether oxygens (including phenoxy) is 1. The van der Waals surface area contributed by atoms with Gasteiger partial charge in [0.25, 0.3) is 0 Å². The number of anilines is 1. The van der Waals surface area contributed by atoms with Crippen molar-refractivity contribution in [1.29, 1.82) is 0 Å². The number of nitrogens with one attached hydrogen (secondary N) is 1. The average molecular weight is 491 g/mol. The monoisotopic (exact) mass is 490 g/mol. The highest BCUT2D eigenvalue weighted by Crippen LogP contribution is 2.28. The standard InChI is InChI=1S/C23H24Cl2N4O2S/c1-4-11-29-22(16-5-8-18(9-6-16)31-13-15(2)3)27-28-23(29)32-14-21(30)26-20-10-7-17(24)12-19(20)25/h4-10,12,15H,1,11,13-14H2,2-3H3,(H,26,30). The normalized spacial score (nSPS) is 10.9. The highest BCUT2D eigenvalue weighted by molar-refractivity contribution is 7.99. The first kappa shape index (κ1) is 24.2. The molecule has 2 aromatic carbocycles. The van der Waals surface area contributed by atoms with Crippen molar-refractivity contribution in [2.24, 2.45) is 5.92 Å². The molecule has 0 unspecified atom stereocenters. The van der Waals surface area contributed by atoms with E-state index in [-0.39, 0.29) is 11.7 Å². The van der Waals surface area contributed by atoms with Gasteiger partial charge in [-0.25, -0.2) is 0 Å². The zero-order valence-electron chi connectivity index (χ0n) is 17.8. The zero-order chi connectivity index (χ0) is 23.1. The number of hydrogen-bond donors (Lipinski definition) is 1. The van der Waals surface area contributed by atoms with E-state index in [1.54, 1.807) is 24.3 Å². The molecule has 0 aliphatic rings. The summed E-state index contributed by atoms with van der Waals surface area (Å²) in [7, 11) is 0. The van der Waals surface area contributed by atoms with E-state index < -0.39 is 0 Å². The molecule has 0 atom stereocenters. The van der Waals surface area contributed by atoms with Crippen LogP contribution in [-0.2, 0) is 11.3 Å². The van der Waals surface area contributed by atoms with Crippen molar-refractivity contribution in [1.82, 2.24) is 14.8 Å². The lowest BCUT2D eigenvalue weighted by atomic mass is 10.2. The second kappa shape index (κ2) is 11.4. The maximum absolute atomic E-state index is 12.4. The Hall–Kier alpha value is -2.48. The molecule has 0 bridgehead atoms. The molecule has 0 saturated heterocycles. The molecule has 1 heterocycles. The van der Waals surface area contributed by atoms with Crippen molar-refractivity contribution in [2.45, 2.75) is 25.5 Å². The van der Waals surface area contributed by atoms with Crippen molar-refractivity contribution in [2.75, 3.05) is 17.7 Å². The average Bonchev–Trinajstić information content (AvgIpc) is 3.16. The summed E-state index contributed by atoms with van der Waals surface area (Å²) in [6.07, 6.45) is 1.77. The number of carbonyl (C=O) groups excluding carboxylic acids is 1. The fraction of sp³-hybridized carbons (Fsp3) is 0.261. The number of rotatable bonds is 10. The lowest BCUT2D eigenvalue weighted by Gasteiger charge is -2.10. The number of hydrogen-bond acceptors (Lipinski definition) is 5. The van der Waals surface area contributed by atoms with Gasteiger partial charge in [0.15, 0.2) is 11.0 Å². The van der Waals surface area contributed by atoms with Gasteiger partial charge in [-0.05, 0) is 48.4 Å². The van der Waals surface area contributed by atoms with Crippen LogP contribution in [0, 0.1) is 5.92 Å². The Morgan fingerprint density at radius 1 is 1.22 bits per heavy atom. The molecular weight excluding hydrogens is 467 g/mol. The SMILES string of the molecule is C=CCn1c(SCC(=O)Nc2ccc(Cl)cc2Cl)nnc1-c1ccc(OCC(C)C)cc1. The molecule has 3 aromatic rings. The van der Waals surface area contributed by atoms with E-state index in [0.29, 0.717) is 45.8 Å². The molecule has 0 aliphatic heterocycles. The molecule has 0 spiro atoms. The number of carbonyl (C=O) groups is 1. The molecule has 0 saturated carbocycles. The van der Waals surface area contributed by atoms with Crippen LogP contribution in [0.3, 0.4) is 0 Å². The van der Waals surface area contributed by atoms with Gasteiger partial charge < -0.3 is 10.1 Å². The number of thioether (sulfide) groups is 1. The highest BCUT2D eigenvalue weighted by atomic mass is 35.5. The summed E-state index contributed by atoms with van der Waals surface area (Å²) in [5, 5.41) is 12.9. The molecule has 168 valence electrons. The first-order valence-electron chi connectivity index (χ1n) is 10.0. The van der Waals surface area contributed by atoms with Crippen LogP contribution in [0.2, 0.25) is 10.0 Å². The maximum atomic E-state index is 12.4. The van der Waals surface area contributed by atoms with Gasteiger partial charge in [-0.3, -0.25) is 9.36 Å². The molecule has 1 amide bonds. The van der Waals surface area contributed by atoms with E-state index >= 15 is 0 Å². The van der Waals surface area contributed by atoms with E-state index in [0.717, 1.165) is 11.3 Å². The van der Waals surface area contributed by atoms with Crippen LogP contribution >= 0.6 is 35.0 Å². The summed E-state index contributed by atoms with van der Waals surface area (Å²) < 4.78 is 7.67. The third kappa shape index (κ3) is 6.51. The van der Waals surface area contributed by atoms with Crippen LogP contribution in [0.1, 0.15) is 13.8 Å². The minimum atomic E-state index is -0.208. The Bertz CT molecular complexity index is 1080. The first-order valence-corrected chi connectivity index (χ1v) is 11.8. The van der Waals surface area contributed by atoms with E-state index in [1.807, 2.05) is 28.8 Å². The molecule has 1 aromatic heterocycles. The molecule has 0 fully saturated rings. The Morgan fingerprint density at radius 3 is 2.62 bits per heavy atom. The van der Waals surface area contributed by atoms with E-state index in [2.05, 4.69) is 35.9 Å². The van der Waals surface area contributed by atoms with Gasteiger partial charge in [-0.1, -0.05) is 54.9 Å². The fourth-order valence-corrected chi connectivity index (χ4v) is 3.98. The summed E-state index contributed by atoms with van der Waals surface area (Å²) in [5.41, 5.74) is 1.41. The summed E-state index contributed by atoms with van der Waals surface area (Å²) in [6.45, 7) is 9.21. The summed E-state index contributed by atoms with van der Waals surface area (Å²) in [6, 6.07) is 12.6. The minimum Gasteiger partial charge on any atom is -0.493 e. The third-order valence-corrected chi connectivity index (χ3v) is 5.78. The van der Waals surface area contributed by atoms with Crippen molar-refractivity contribution < 1.29 is 9.53 Å². The van der Waals surface area contributed by atoms with Crippen molar-refractivity contribution in [3.63, 3.8) is 0 Å². The highest BCUT2D eigenvalue weighted by Gasteiger charge is 2.16. The zero-order valence-corrected chi connectivity index (χ0v) is 20.2. The topological polar surface area (TPSA) is 69.0 Å². The number of allylic oxidation sites excluding steroid dienone is 1. The quantitative estimate of drug-likeness (QED) is 0.270. The Morgan fingerprint density at radius 2 is 1.97 bits per heavy atom. The van der Waals surface area contributed by atoms with E-state index in [9.17, 15) is 4.79 Å². The smallest absolute Gasteiger partial charge is 0.234 e. The van der Waals surface area contributed by atoms with Gasteiger partial charge in [-0.2, -0.15) is 0 Å². The third-order valence-electron chi connectivity index (χ3n) is 4.26. The summed E-state index contributed by atoms with van der Waals surface area (Å²) >= 11 is 13.3. The Labute approximate surface area is 202 Å². The van der Waals surface area contributed by atoms with Crippen LogP contribution in [-0.4, -0.2) is 33.0 Å². The number of aromatic nitrogens is 3. The molecule has 1 N–H and O–H groups in total. The van der Waals surface area contributed by atoms with Crippen molar-refractivity contribution in [3.8, 4) is 17.1 Å². The fourth-order valence-electron chi connectivity index (χ4n) is 2.77. The molecule has 3 rings (SSSR count). The summed E-state index contributed by atoms with van der Waals surface area (Å²) in [5.74, 6) is 1.91. The van der Waals surface area contributed by atoms with Crippen LogP contribution in [0.4, 0.5) is 5.69 Å². The number of amides is 1. The van der Waals surface area contributed by atoms with E-state index in [1.165, 1.54) is 11.8 Å². The molecule has 9 heteroatoms. The molecular formula is C23H24Cl2N4O2S. The summed E-state index contributed by atoms with van der Waals surface area (Å²) in [4.78, 5) is 12.4. The lowest BCUT2D eigenvalue weighted by Crippen LogP contribution is -2.15. The molecule has 0 radical (unpaired) electrons. The Kier molecular flexibility index (Phi) is 8.61. The first-order chi connectivity index (χ1) is 15.4. The van der Waals surface area contributed by atoms with Gasteiger partial charge in [0, 0.05) is 17.1 Å². The van der Waals surface area contributed by atoms with Gasteiger partial charge >= 0.3 is 0 Å². The van der Waals surface area contributed by atoms with Gasteiger partial charge in [0.05, 0.1) is 23.1 Å². The molecule has 6 nitrogen and oxygen atoms in total. The van der Waals surface area contributed by atoms with Crippen molar-refractivity contribution in [3.05, 3.63) is 65.2 Å². The number of benzene rings is 2. The minimum absolute atomic E-state index is 0.149. The maximum Gasteiger partial charge on any atom is 0.234 e. The Balaban J connectivity index is 1.69. The molecule has 0 aliphatic carbocycles. The van der Waals surface area contributed by atoms with Crippen molar-refractivity contribution >= 4 is 46.6 Å². The lowest BCUT2D eigenvalue weighted by molar-refractivity contribution is -0.113. The second-order valence-corrected chi connectivity index (χ2v) is 9.18. The van der Waals surface area contributed by atoms with Crippen LogP contribution in [0.15, 0.2) is 60.3 Å². The predicted octanol–water partition coefficient (Wildman–Crippen LogP) is 6.20.